The highest BCUT2D eigenvalue weighted by atomic mass is 15.1. The summed E-state index contributed by atoms with van der Waals surface area (Å²) >= 11 is 0. The molecule has 0 aliphatic heterocycles. The number of anilines is 1. The molecule has 0 spiro atoms. The second kappa shape index (κ2) is 5.58. The van der Waals surface area contributed by atoms with E-state index < -0.39 is 0 Å². The average Bonchev–Trinajstić information content (AvgIpc) is 2.22. The van der Waals surface area contributed by atoms with E-state index in [1.54, 1.807) is 17.2 Å². The number of nitriles is 2. The summed E-state index contributed by atoms with van der Waals surface area (Å²) in [6.07, 6.45) is 1.61. The van der Waals surface area contributed by atoms with Crippen LogP contribution in [0.25, 0.3) is 0 Å². The molecule has 0 aliphatic rings. The first kappa shape index (κ1) is 11.0. The summed E-state index contributed by atoms with van der Waals surface area (Å²) in [7, 11) is 0. The summed E-state index contributed by atoms with van der Waals surface area (Å²) in [6.45, 7) is 0.893. The summed E-state index contributed by atoms with van der Waals surface area (Å²) in [5, 5.41) is 17.1. The molecule has 0 radical (unpaired) electrons. The molecule has 1 rings (SSSR count). The standard InChI is InChI=1S/C10H11N5/c11-3-6-15(7-4-12)8-9-2-1-5-14-10(9)13/h1-2,5H,6-8H2,(H2,13,14). The highest BCUT2D eigenvalue weighted by molar-refractivity contribution is 5.38. The van der Waals surface area contributed by atoms with Crippen molar-refractivity contribution < 1.29 is 0 Å². The predicted octanol–water partition coefficient (Wildman–Crippen LogP) is 0.513. The van der Waals surface area contributed by atoms with Gasteiger partial charge in [0.25, 0.3) is 0 Å². The molecule has 5 heteroatoms. The Bertz CT molecular complexity index is 385. The normalized spacial score (nSPS) is 9.53. The molecule has 0 atom stereocenters. The third kappa shape index (κ3) is 3.26. The molecule has 0 saturated carbocycles. The van der Waals surface area contributed by atoms with Gasteiger partial charge in [-0.05, 0) is 6.07 Å². The van der Waals surface area contributed by atoms with Crippen molar-refractivity contribution in [2.45, 2.75) is 6.54 Å². The summed E-state index contributed by atoms with van der Waals surface area (Å²) in [6, 6.07) is 7.63. The number of nitrogen functional groups attached to an aromatic ring is 1. The van der Waals surface area contributed by atoms with Crippen LogP contribution in [0.15, 0.2) is 18.3 Å². The van der Waals surface area contributed by atoms with Crippen molar-refractivity contribution in [1.82, 2.24) is 9.88 Å². The lowest BCUT2D eigenvalue weighted by molar-refractivity contribution is 0.335. The fourth-order valence-corrected chi connectivity index (χ4v) is 1.19. The Balaban J connectivity index is 2.71. The molecule has 76 valence electrons. The molecule has 15 heavy (non-hydrogen) atoms. The number of hydrogen-bond acceptors (Lipinski definition) is 5. The SMILES string of the molecule is N#CCN(CC#N)Cc1cccnc1N. The van der Waals surface area contributed by atoms with Gasteiger partial charge in [-0.2, -0.15) is 10.5 Å². The largest absolute Gasteiger partial charge is 0.383 e. The number of hydrogen-bond donors (Lipinski definition) is 1. The smallest absolute Gasteiger partial charge is 0.127 e. The van der Waals surface area contributed by atoms with Crippen LogP contribution >= 0.6 is 0 Å². The van der Waals surface area contributed by atoms with E-state index in [1.165, 1.54) is 0 Å². The molecule has 0 fully saturated rings. The first-order valence-corrected chi connectivity index (χ1v) is 4.43. The van der Waals surface area contributed by atoms with Gasteiger partial charge in [-0.25, -0.2) is 4.98 Å². The quantitative estimate of drug-likeness (QED) is 0.717. The van der Waals surface area contributed by atoms with Crippen molar-refractivity contribution in [1.29, 1.82) is 10.5 Å². The van der Waals surface area contributed by atoms with E-state index in [1.807, 2.05) is 18.2 Å². The van der Waals surface area contributed by atoms with Gasteiger partial charge in [0.2, 0.25) is 0 Å². The van der Waals surface area contributed by atoms with Crippen LogP contribution in [0.3, 0.4) is 0 Å². The lowest BCUT2D eigenvalue weighted by Gasteiger charge is -2.15. The average molecular weight is 201 g/mol. The van der Waals surface area contributed by atoms with Crippen molar-refractivity contribution in [3.63, 3.8) is 0 Å². The Kier molecular flexibility index (Phi) is 4.08. The zero-order valence-corrected chi connectivity index (χ0v) is 8.22. The molecule has 0 saturated heterocycles. The second-order valence-electron chi connectivity index (χ2n) is 3.01. The molecule has 0 amide bonds. The lowest BCUT2D eigenvalue weighted by atomic mass is 10.2. The monoisotopic (exact) mass is 201 g/mol. The Morgan fingerprint density at radius 3 is 2.53 bits per heavy atom. The van der Waals surface area contributed by atoms with Crippen LogP contribution < -0.4 is 5.73 Å². The molecule has 2 N–H and O–H groups in total. The number of nitrogens with zero attached hydrogens (tertiary/aromatic N) is 4. The van der Waals surface area contributed by atoms with Gasteiger partial charge < -0.3 is 5.73 Å². The molecule has 5 nitrogen and oxygen atoms in total. The van der Waals surface area contributed by atoms with Gasteiger partial charge in [0, 0.05) is 18.3 Å². The van der Waals surface area contributed by atoms with E-state index in [4.69, 9.17) is 16.3 Å². The van der Waals surface area contributed by atoms with Crippen molar-refractivity contribution in [2.75, 3.05) is 18.8 Å². The zero-order chi connectivity index (χ0) is 11.1. The number of nitrogens with two attached hydrogens (primary N) is 1. The van der Waals surface area contributed by atoms with Crippen LogP contribution in [-0.2, 0) is 6.54 Å². The maximum atomic E-state index is 8.56. The summed E-state index contributed by atoms with van der Waals surface area (Å²) in [5.74, 6) is 0.443. The number of aromatic nitrogens is 1. The van der Waals surface area contributed by atoms with Crippen LogP contribution in [0.4, 0.5) is 5.82 Å². The minimum Gasteiger partial charge on any atom is -0.383 e. The van der Waals surface area contributed by atoms with Gasteiger partial charge in [0.15, 0.2) is 0 Å². The minimum absolute atomic E-state index is 0.210. The lowest BCUT2D eigenvalue weighted by Crippen LogP contribution is -2.24. The maximum Gasteiger partial charge on any atom is 0.127 e. The fraction of sp³-hybridized carbons (Fsp3) is 0.300. The van der Waals surface area contributed by atoms with E-state index in [9.17, 15) is 0 Å². The third-order valence-corrected chi connectivity index (χ3v) is 1.91. The van der Waals surface area contributed by atoms with E-state index in [0.717, 1.165) is 5.56 Å². The van der Waals surface area contributed by atoms with Crippen molar-refractivity contribution in [3.05, 3.63) is 23.9 Å². The molecular weight excluding hydrogens is 190 g/mol. The fourth-order valence-electron chi connectivity index (χ4n) is 1.19. The van der Waals surface area contributed by atoms with Crippen LogP contribution in [0.2, 0.25) is 0 Å². The van der Waals surface area contributed by atoms with E-state index in [0.29, 0.717) is 12.4 Å². The zero-order valence-electron chi connectivity index (χ0n) is 8.22. The summed E-state index contributed by atoms with van der Waals surface area (Å²) in [5.41, 5.74) is 6.49. The van der Waals surface area contributed by atoms with Gasteiger partial charge in [-0.1, -0.05) is 6.07 Å². The Hall–Kier alpha value is -2.11. The van der Waals surface area contributed by atoms with Crippen LogP contribution in [-0.4, -0.2) is 23.0 Å². The van der Waals surface area contributed by atoms with Gasteiger partial charge in [0.1, 0.15) is 5.82 Å². The summed E-state index contributed by atoms with van der Waals surface area (Å²) in [4.78, 5) is 5.64. The first-order valence-electron chi connectivity index (χ1n) is 4.43. The number of pyridine rings is 1. The maximum absolute atomic E-state index is 8.56. The van der Waals surface area contributed by atoms with E-state index in [2.05, 4.69) is 4.98 Å². The molecule has 0 aliphatic carbocycles. The Labute approximate surface area is 88.4 Å². The predicted molar refractivity (Wildman–Crippen MR) is 55.2 cm³/mol. The van der Waals surface area contributed by atoms with E-state index in [-0.39, 0.29) is 13.1 Å². The second-order valence-corrected chi connectivity index (χ2v) is 3.01. The molecule has 1 aromatic heterocycles. The molecule has 0 aromatic carbocycles. The molecule has 0 bridgehead atoms. The molecular formula is C10H11N5. The molecule has 1 aromatic rings. The third-order valence-electron chi connectivity index (χ3n) is 1.91. The Morgan fingerprint density at radius 1 is 1.33 bits per heavy atom. The van der Waals surface area contributed by atoms with Crippen molar-refractivity contribution >= 4 is 5.82 Å². The van der Waals surface area contributed by atoms with Crippen LogP contribution in [0.5, 0.6) is 0 Å². The molecule has 0 unspecified atom stereocenters. The van der Waals surface area contributed by atoms with Crippen molar-refractivity contribution in [3.8, 4) is 12.1 Å². The topological polar surface area (TPSA) is 89.7 Å². The Morgan fingerprint density at radius 2 is 2.00 bits per heavy atom. The van der Waals surface area contributed by atoms with Crippen molar-refractivity contribution in [2.24, 2.45) is 0 Å². The van der Waals surface area contributed by atoms with E-state index >= 15 is 0 Å². The van der Waals surface area contributed by atoms with Gasteiger partial charge in [-0.3, -0.25) is 4.90 Å². The minimum atomic E-state index is 0.210. The highest BCUT2D eigenvalue weighted by Crippen LogP contribution is 2.09. The van der Waals surface area contributed by atoms with Gasteiger partial charge >= 0.3 is 0 Å². The van der Waals surface area contributed by atoms with Gasteiger partial charge in [0.05, 0.1) is 25.2 Å². The van der Waals surface area contributed by atoms with Crippen LogP contribution in [0, 0.1) is 22.7 Å². The highest BCUT2D eigenvalue weighted by Gasteiger charge is 2.07. The molecule has 1 heterocycles. The van der Waals surface area contributed by atoms with Crippen LogP contribution in [0.1, 0.15) is 5.56 Å². The first-order chi connectivity index (χ1) is 7.27. The summed E-state index contributed by atoms with van der Waals surface area (Å²) < 4.78 is 0. The van der Waals surface area contributed by atoms with Gasteiger partial charge in [-0.15, -0.1) is 0 Å². The number of rotatable bonds is 4.